The fourth-order valence-corrected chi connectivity index (χ4v) is 3.41. The fraction of sp³-hybridized carbons (Fsp3) is 0.158. The summed E-state index contributed by atoms with van der Waals surface area (Å²) >= 11 is 1.60. The maximum atomic E-state index is 10.1. The molecule has 0 saturated heterocycles. The van der Waals surface area contributed by atoms with Gasteiger partial charge < -0.3 is 19.3 Å². The minimum absolute atomic E-state index is 0. The van der Waals surface area contributed by atoms with Crippen LogP contribution in [0.4, 0.5) is 0 Å². The average molecular weight is 388 g/mol. The van der Waals surface area contributed by atoms with Crippen LogP contribution in [0.3, 0.4) is 0 Å². The maximum Gasteiger partial charge on any atom is 0.203 e. The van der Waals surface area contributed by atoms with Crippen molar-refractivity contribution in [1.82, 2.24) is 0 Å². The number of rotatable bonds is 5. The van der Waals surface area contributed by atoms with Crippen LogP contribution in [-0.4, -0.2) is 85.6 Å². The molecule has 2 radical (unpaired) electrons. The van der Waals surface area contributed by atoms with Gasteiger partial charge in [0, 0.05) is 69.2 Å². The topological polar surface area (TPSA) is 47.9 Å². The molecule has 1 N–H and O–H groups in total. The molecular weight excluding hydrogens is 370 g/mol. The number of aromatic hydroxyl groups is 1. The second-order valence-electron chi connectivity index (χ2n) is 5.16. The van der Waals surface area contributed by atoms with Crippen molar-refractivity contribution in [1.29, 1.82) is 0 Å². The van der Waals surface area contributed by atoms with E-state index in [0.29, 0.717) is 23.0 Å². The SMILES string of the molecule is COc1cc(/C=C\c2cc(O)c3ccsc3c2)cc(OC)c1OC.[Na].[Na]. The van der Waals surface area contributed by atoms with Gasteiger partial charge >= 0.3 is 0 Å². The van der Waals surface area contributed by atoms with Crippen molar-refractivity contribution in [2.75, 3.05) is 21.3 Å². The van der Waals surface area contributed by atoms with Gasteiger partial charge in [-0.3, -0.25) is 0 Å². The van der Waals surface area contributed by atoms with Gasteiger partial charge in [-0.2, -0.15) is 0 Å². The van der Waals surface area contributed by atoms with Crippen molar-refractivity contribution < 1.29 is 19.3 Å². The van der Waals surface area contributed by atoms with Gasteiger partial charge in [-0.1, -0.05) is 12.2 Å². The summed E-state index contributed by atoms with van der Waals surface area (Å²) in [7, 11) is 4.76. The number of hydrogen-bond donors (Lipinski definition) is 1. The van der Waals surface area contributed by atoms with Gasteiger partial charge in [0.25, 0.3) is 0 Å². The van der Waals surface area contributed by atoms with Crippen molar-refractivity contribution in [3.05, 3.63) is 46.8 Å². The zero-order chi connectivity index (χ0) is 17.1. The maximum absolute atomic E-state index is 10.1. The predicted molar refractivity (Wildman–Crippen MR) is 110 cm³/mol. The Morgan fingerprint density at radius 2 is 1.42 bits per heavy atom. The number of thiophene rings is 1. The molecule has 0 saturated carbocycles. The van der Waals surface area contributed by atoms with E-state index in [2.05, 4.69) is 0 Å². The predicted octanol–water partition coefficient (Wildman–Crippen LogP) is 4.04. The molecule has 126 valence electrons. The van der Waals surface area contributed by atoms with Crippen LogP contribution in [0.25, 0.3) is 22.2 Å². The van der Waals surface area contributed by atoms with Crippen LogP contribution < -0.4 is 14.2 Å². The number of phenols is 1. The molecule has 26 heavy (non-hydrogen) atoms. The van der Waals surface area contributed by atoms with Crippen molar-refractivity contribution >= 4 is 92.7 Å². The van der Waals surface area contributed by atoms with E-state index in [9.17, 15) is 5.11 Å². The van der Waals surface area contributed by atoms with Gasteiger partial charge in [-0.25, -0.2) is 0 Å². The molecule has 0 atom stereocenters. The van der Waals surface area contributed by atoms with Crippen molar-refractivity contribution in [3.63, 3.8) is 0 Å². The molecule has 1 aromatic heterocycles. The Hall–Kier alpha value is -0.660. The zero-order valence-electron chi connectivity index (χ0n) is 15.7. The minimum atomic E-state index is 0. The summed E-state index contributed by atoms with van der Waals surface area (Å²) in [5.74, 6) is 2.06. The molecule has 0 aliphatic rings. The van der Waals surface area contributed by atoms with Crippen LogP contribution in [0.1, 0.15) is 11.1 Å². The number of benzene rings is 2. The Bertz CT molecular complexity index is 881. The van der Waals surface area contributed by atoms with Crippen molar-refractivity contribution in [2.24, 2.45) is 0 Å². The molecule has 0 amide bonds. The first-order valence-electron chi connectivity index (χ1n) is 7.34. The first kappa shape index (κ1) is 23.4. The summed E-state index contributed by atoms with van der Waals surface area (Å²) in [6.07, 6.45) is 3.89. The molecule has 4 nitrogen and oxygen atoms in total. The zero-order valence-corrected chi connectivity index (χ0v) is 20.5. The average Bonchev–Trinajstić information content (AvgIpc) is 3.08. The summed E-state index contributed by atoms with van der Waals surface area (Å²) in [6.45, 7) is 0. The Morgan fingerprint density at radius 1 is 0.846 bits per heavy atom. The molecule has 3 rings (SSSR count). The molecular formula is C19H18Na2O4S. The fourth-order valence-electron chi connectivity index (χ4n) is 2.56. The van der Waals surface area contributed by atoms with E-state index in [4.69, 9.17) is 14.2 Å². The molecule has 0 fully saturated rings. The molecule has 3 aromatic rings. The first-order chi connectivity index (χ1) is 11.7. The molecule has 0 unspecified atom stereocenters. The molecule has 1 heterocycles. The van der Waals surface area contributed by atoms with Crippen molar-refractivity contribution in [2.45, 2.75) is 0 Å². The van der Waals surface area contributed by atoms with Crippen LogP contribution in [0.15, 0.2) is 35.7 Å². The summed E-state index contributed by atoms with van der Waals surface area (Å²) < 4.78 is 17.1. The number of phenolic OH excluding ortho intramolecular Hbond substituents is 1. The van der Waals surface area contributed by atoms with Crippen LogP contribution in [0, 0.1) is 0 Å². The third-order valence-electron chi connectivity index (χ3n) is 3.73. The smallest absolute Gasteiger partial charge is 0.203 e. The Morgan fingerprint density at radius 3 is 1.96 bits per heavy atom. The molecule has 0 aliphatic heterocycles. The molecule has 0 bridgehead atoms. The third-order valence-corrected chi connectivity index (χ3v) is 4.59. The summed E-state index contributed by atoms with van der Waals surface area (Å²) in [5.41, 5.74) is 1.84. The number of ether oxygens (including phenoxy) is 3. The van der Waals surface area contributed by atoms with Gasteiger partial charge in [0.15, 0.2) is 11.5 Å². The van der Waals surface area contributed by atoms with Gasteiger partial charge in [-0.05, 0) is 46.8 Å². The Balaban J connectivity index is 0.00000169. The quantitative estimate of drug-likeness (QED) is 0.529. The van der Waals surface area contributed by atoms with E-state index in [1.165, 1.54) is 0 Å². The Kier molecular flexibility index (Phi) is 9.55. The monoisotopic (exact) mass is 388 g/mol. The van der Waals surface area contributed by atoms with Gasteiger partial charge in [0.1, 0.15) is 5.75 Å². The second kappa shape index (κ2) is 10.6. The molecule has 0 spiro atoms. The number of fused-ring (bicyclic) bond motifs is 1. The molecule has 2 aromatic carbocycles. The normalized spacial score (nSPS) is 10.3. The van der Waals surface area contributed by atoms with E-state index in [-0.39, 0.29) is 59.1 Å². The van der Waals surface area contributed by atoms with Crippen molar-refractivity contribution in [3.8, 4) is 23.0 Å². The van der Waals surface area contributed by atoms with Crippen LogP contribution in [0.5, 0.6) is 23.0 Å². The number of methoxy groups -OCH3 is 3. The van der Waals surface area contributed by atoms with Gasteiger partial charge in [0.05, 0.1) is 21.3 Å². The molecule has 0 aliphatic carbocycles. The standard InChI is InChI=1S/C19H18O4S.2Na/c1-21-16-9-13(10-17(22-2)19(16)23-3)5-4-12-8-15(20)14-6-7-24-18(14)11-12;;/h4-11,20H,1-3H3;;/b5-4-;;. The van der Waals surface area contributed by atoms with E-state index < -0.39 is 0 Å². The minimum Gasteiger partial charge on any atom is -0.507 e. The summed E-state index contributed by atoms with van der Waals surface area (Å²) in [5, 5.41) is 12.9. The number of hydrogen-bond acceptors (Lipinski definition) is 5. The summed E-state index contributed by atoms with van der Waals surface area (Å²) in [4.78, 5) is 0. The summed E-state index contributed by atoms with van der Waals surface area (Å²) in [6, 6.07) is 9.47. The Labute approximate surface area is 201 Å². The van der Waals surface area contributed by atoms with E-state index >= 15 is 0 Å². The first-order valence-corrected chi connectivity index (χ1v) is 8.22. The van der Waals surface area contributed by atoms with Gasteiger partial charge in [-0.15, -0.1) is 11.3 Å². The van der Waals surface area contributed by atoms with E-state index in [1.807, 2.05) is 41.8 Å². The van der Waals surface area contributed by atoms with Crippen LogP contribution >= 0.6 is 11.3 Å². The van der Waals surface area contributed by atoms with Crippen LogP contribution in [-0.2, 0) is 0 Å². The van der Waals surface area contributed by atoms with E-state index in [1.54, 1.807) is 38.7 Å². The largest absolute Gasteiger partial charge is 0.507 e. The molecule has 7 heteroatoms. The van der Waals surface area contributed by atoms with E-state index in [0.717, 1.165) is 21.2 Å². The second-order valence-corrected chi connectivity index (χ2v) is 6.11. The third kappa shape index (κ3) is 4.98. The van der Waals surface area contributed by atoms with Gasteiger partial charge in [0.2, 0.25) is 5.75 Å². The van der Waals surface area contributed by atoms with Crippen LogP contribution in [0.2, 0.25) is 0 Å².